The molecule has 0 bridgehead atoms. The van der Waals surface area contributed by atoms with Crippen LogP contribution in [0.4, 0.5) is 0 Å². The number of unbranched alkanes of at least 4 members (excludes halogenated alkanes) is 1. The summed E-state index contributed by atoms with van der Waals surface area (Å²) in [6, 6.07) is 3.45. The zero-order valence-electron chi connectivity index (χ0n) is 9.98. The minimum atomic E-state index is -0.884. The zero-order valence-corrected chi connectivity index (χ0v) is 9.98. The van der Waals surface area contributed by atoms with Crippen molar-refractivity contribution >= 4 is 11.9 Å². The third-order valence-corrected chi connectivity index (χ3v) is 2.49. The monoisotopic (exact) mass is 238 g/mol. The number of carbonyl (C=O) groups is 2. The Bertz CT molecular complexity index is 360. The van der Waals surface area contributed by atoms with Crippen molar-refractivity contribution in [3.05, 3.63) is 24.0 Å². The van der Waals surface area contributed by atoms with E-state index in [4.69, 9.17) is 5.11 Å². The average Bonchev–Trinajstić information content (AvgIpc) is 2.81. The van der Waals surface area contributed by atoms with E-state index in [1.807, 2.05) is 6.92 Å². The van der Waals surface area contributed by atoms with Crippen molar-refractivity contribution in [1.82, 2.24) is 9.88 Å². The van der Waals surface area contributed by atoms with Gasteiger partial charge in [-0.1, -0.05) is 13.3 Å². The van der Waals surface area contributed by atoms with Crippen molar-refractivity contribution in [2.45, 2.75) is 26.2 Å². The molecule has 17 heavy (non-hydrogen) atoms. The number of aromatic amines is 1. The predicted molar refractivity (Wildman–Crippen MR) is 63.9 cm³/mol. The van der Waals surface area contributed by atoms with Crippen molar-refractivity contribution in [3.63, 3.8) is 0 Å². The summed E-state index contributed by atoms with van der Waals surface area (Å²) < 4.78 is 0. The van der Waals surface area contributed by atoms with Gasteiger partial charge in [0.1, 0.15) is 5.69 Å². The maximum absolute atomic E-state index is 12.0. The van der Waals surface area contributed by atoms with Gasteiger partial charge in [-0.15, -0.1) is 0 Å². The summed E-state index contributed by atoms with van der Waals surface area (Å²) in [5.74, 6) is -1.02. The summed E-state index contributed by atoms with van der Waals surface area (Å²) in [6.07, 6.45) is 3.52. The van der Waals surface area contributed by atoms with Gasteiger partial charge in [0.25, 0.3) is 5.91 Å². The normalized spacial score (nSPS) is 10.2. The molecule has 1 aromatic heterocycles. The van der Waals surface area contributed by atoms with E-state index in [0.29, 0.717) is 12.2 Å². The van der Waals surface area contributed by atoms with Gasteiger partial charge in [0, 0.05) is 19.3 Å². The molecule has 0 radical (unpaired) electrons. The smallest absolute Gasteiger partial charge is 0.305 e. The fraction of sp³-hybridized carbons (Fsp3) is 0.500. The van der Waals surface area contributed by atoms with E-state index in [1.54, 1.807) is 23.2 Å². The minimum Gasteiger partial charge on any atom is -0.481 e. The first-order valence-corrected chi connectivity index (χ1v) is 5.79. The highest BCUT2D eigenvalue weighted by Crippen LogP contribution is 2.05. The lowest BCUT2D eigenvalue weighted by Gasteiger charge is -2.21. The van der Waals surface area contributed by atoms with Crippen LogP contribution in [0.5, 0.6) is 0 Å². The van der Waals surface area contributed by atoms with E-state index in [-0.39, 0.29) is 18.9 Å². The first-order valence-electron chi connectivity index (χ1n) is 5.79. The lowest BCUT2D eigenvalue weighted by atomic mass is 10.2. The van der Waals surface area contributed by atoms with Crippen LogP contribution in [0.2, 0.25) is 0 Å². The second-order valence-corrected chi connectivity index (χ2v) is 3.87. The highest BCUT2D eigenvalue weighted by Gasteiger charge is 2.16. The Morgan fingerprint density at radius 3 is 2.71 bits per heavy atom. The molecule has 0 unspecified atom stereocenters. The molecule has 2 N–H and O–H groups in total. The van der Waals surface area contributed by atoms with Crippen molar-refractivity contribution in [3.8, 4) is 0 Å². The SMILES string of the molecule is CCCCN(CCC(=O)O)C(=O)c1ccc[nH]1. The molecule has 0 atom stereocenters. The van der Waals surface area contributed by atoms with Gasteiger partial charge in [-0.2, -0.15) is 0 Å². The van der Waals surface area contributed by atoms with Crippen molar-refractivity contribution in [2.24, 2.45) is 0 Å². The van der Waals surface area contributed by atoms with Crippen molar-refractivity contribution in [1.29, 1.82) is 0 Å². The van der Waals surface area contributed by atoms with Crippen LogP contribution in [0.25, 0.3) is 0 Å². The molecular formula is C12H18N2O3. The topological polar surface area (TPSA) is 73.4 Å². The number of carbonyl (C=O) groups excluding carboxylic acids is 1. The number of nitrogens with zero attached hydrogens (tertiary/aromatic N) is 1. The average molecular weight is 238 g/mol. The molecule has 1 aromatic rings. The van der Waals surface area contributed by atoms with Crippen LogP contribution in [0.3, 0.4) is 0 Å². The zero-order chi connectivity index (χ0) is 12.7. The molecule has 1 amide bonds. The molecule has 94 valence electrons. The molecule has 0 aliphatic heterocycles. The highest BCUT2D eigenvalue weighted by atomic mass is 16.4. The Kier molecular flexibility index (Phi) is 5.26. The molecule has 0 spiro atoms. The van der Waals surface area contributed by atoms with Crippen LogP contribution in [0, 0.1) is 0 Å². The molecule has 5 heteroatoms. The number of aromatic nitrogens is 1. The number of aliphatic carboxylic acids is 1. The lowest BCUT2D eigenvalue weighted by Crippen LogP contribution is -2.34. The minimum absolute atomic E-state index is 0.0177. The van der Waals surface area contributed by atoms with Gasteiger partial charge in [-0.05, 0) is 18.6 Å². The van der Waals surface area contributed by atoms with Crippen LogP contribution < -0.4 is 0 Å². The molecular weight excluding hydrogens is 220 g/mol. The molecule has 5 nitrogen and oxygen atoms in total. The number of hydrogen-bond donors (Lipinski definition) is 2. The Morgan fingerprint density at radius 2 is 2.18 bits per heavy atom. The first-order chi connectivity index (χ1) is 8.15. The number of nitrogens with one attached hydrogen (secondary N) is 1. The van der Waals surface area contributed by atoms with Crippen molar-refractivity contribution in [2.75, 3.05) is 13.1 Å². The van der Waals surface area contributed by atoms with E-state index in [0.717, 1.165) is 12.8 Å². The van der Waals surface area contributed by atoms with E-state index in [9.17, 15) is 9.59 Å². The second-order valence-electron chi connectivity index (χ2n) is 3.87. The number of carboxylic acids is 1. The molecule has 1 rings (SSSR count). The van der Waals surface area contributed by atoms with Gasteiger partial charge in [-0.3, -0.25) is 9.59 Å². The Balaban J connectivity index is 2.61. The summed E-state index contributed by atoms with van der Waals surface area (Å²) in [7, 11) is 0. The molecule has 0 aliphatic carbocycles. The fourth-order valence-corrected chi connectivity index (χ4v) is 1.53. The molecule has 0 aromatic carbocycles. The van der Waals surface area contributed by atoms with Crippen LogP contribution in [-0.2, 0) is 4.79 Å². The van der Waals surface area contributed by atoms with Crippen molar-refractivity contribution < 1.29 is 14.7 Å². The van der Waals surface area contributed by atoms with Crippen LogP contribution in [0.1, 0.15) is 36.7 Å². The largest absolute Gasteiger partial charge is 0.481 e. The third-order valence-electron chi connectivity index (χ3n) is 2.49. The second kappa shape index (κ2) is 6.73. The summed E-state index contributed by atoms with van der Waals surface area (Å²) >= 11 is 0. The van der Waals surface area contributed by atoms with E-state index >= 15 is 0 Å². The number of amides is 1. The summed E-state index contributed by atoms with van der Waals surface area (Å²) in [5, 5.41) is 8.65. The molecule has 0 saturated heterocycles. The van der Waals surface area contributed by atoms with Crippen LogP contribution in [-0.4, -0.2) is 40.0 Å². The molecule has 0 aliphatic rings. The maximum atomic E-state index is 12.0. The standard InChI is InChI=1S/C12H18N2O3/c1-2-3-8-14(9-6-11(15)16)12(17)10-5-4-7-13-10/h4-5,7,13H,2-3,6,8-9H2,1H3,(H,15,16). The van der Waals surface area contributed by atoms with Gasteiger partial charge >= 0.3 is 5.97 Å². The number of hydrogen-bond acceptors (Lipinski definition) is 2. The lowest BCUT2D eigenvalue weighted by molar-refractivity contribution is -0.137. The van der Waals surface area contributed by atoms with Gasteiger partial charge in [-0.25, -0.2) is 0 Å². The van der Waals surface area contributed by atoms with Crippen LogP contribution >= 0.6 is 0 Å². The first kappa shape index (κ1) is 13.3. The highest BCUT2D eigenvalue weighted by molar-refractivity contribution is 5.92. The van der Waals surface area contributed by atoms with Gasteiger partial charge in [0.05, 0.1) is 6.42 Å². The third kappa shape index (κ3) is 4.30. The number of rotatable bonds is 7. The van der Waals surface area contributed by atoms with E-state index in [1.165, 1.54) is 0 Å². The summed E-state index contributed by atoms with van der Waals surface area (Å²) in [5.41, 5.74) is 0.506. The summed E-state index contributed by atoms with van der Waals surface area (Å²) in [4.78, 5) is 27.0. The van der Waals surface area contributed by atoms with Crippen LogP contribution in [0.15, 0.2) is 18.3 Å². The Labute approximate surface area is 100 Å². The number of H-pyrrole nitrogens is 1. The van der Waals surface area contributed by atoms with Gasteiger partial charge in [0.15, 0.2) is 0 Å². The maximum Gasteiger partial charge on any atom is 0.305 e. The summed E-state index contributed by atoms with van der Waals surface area (Å²) in [6.45, 7) is 2.89. The van der Waals surface area contributed by atoms with Gasteiger partial charge < -0.3 is 15.0 Å². The predicted octanol–water partition coefficient (Wildman–Crippen LogP) is 1.73. The Morgan fingerprint density at radius 1 is 1.41 bits per heavy atom. The fourth-order valence-electron chi connectivity index (χ4n) is 1.53. The van der Waals surface area contributed by atoms with E-state index < -0.39 is 5.97 Å². The molecule has 0 saturated carbocycles. The Hall–Kier alpha value is -1.78. The van der Waals surface area contributed by atoms with E-state index in [2.05, 4.69) is 4.98 Å². The quantitative estimate of drug-likeness (QED) is 0.759. The molecule has 0 fully saturated rings. The molecule has 1 heterocycles. The number of carboxylic acid groups (broad SMARTS) is 1. The van der Waals surface area contributed by atoms with Gasteiger partial charge in [0.2, 0.25) is 0 Å².